The second-order valence-corrected chi connectivity index (χ2v) is 9.32. The van der Waals surface area contributed by atoms with E-state index in [0.717, 1.165) is 16.0 Å². The molecule has 0 radical (unpaired) electrons. The van der Waals surface area contributed by atoms with Crippen molar-refractivity contribution in [3.05, 3.63) is 82.9 Å². The Labute approximate surface area is 215 Å². The zero-order chi connectivity index (χ0) is 25.8. The average Bonchev–Trinajstić information content (AvgIpc) is 2.92. The van der Waals surface area contributed by atoms with Crippen LogP contribution in [0.2, 0.25) is 0 Å². The number of benzene rings is 3. The number of carbonyl (C=O) groups is 2. The first-order valence-electron chi connectivity index (χ1n) is 11.5. The fourth-order valence-electron chi connectivity index (χ4n) is 4.69. The number of fused-ring (bicyclic) bond motifs is 1. The summed E-state index contributed by atoms with van der Waals surface area (Å²) in [5.74, 6) is 0.551. The van der Waals surface area contributed by atoms with E-state index in [9.17, 15) is 9.59 Å². The Kier molecular flexibility index (Phi) is 7.74. The minimum Gasteiger partial charge on any atom is -0.496 e. The van der Waals surface area contributed by atoms with Gasteiger partial charge in [-0.1, -0.05) is 30.3 Å². The predicted octanol–water partition coefficient (Wildman–Crippen LogP) is 4.66. The van der Waals surface area contributed by atoms with E-state index in [4.69, 9.17) is 14.2 Å². The third-order valence-corrected chi connectivity index (χ3v) is 7.30. The summed E-state index contributed by atoms with van der Waals surface area (Å²) in [6, 6.07) is 18.4. The van der Waals surface area contributed by atoms with Crippen LogP contribution in [0.5, 0.6) is 17.2 Å². The normalized spacial score (nSPS) is 16.8. The van der Waals surface area contributed by atoms with E-state index in [1.807, 2.05) is 54.8 Å². The molecule has 8 heteroatoms. The molecule has 7 nitrogen and oxygen atoms in total. The topological polar surface area (TPSA) is 77.1 Å². The number of thioether (sulfide) groups is 1. The number of hydrogen-bond acceptors (Lipinski definition) is 6. The molecule has 0 aromatic heterocycles. The Morgan fingerprint density at radius 2 is 1.58 bits per heavy atom. The van der Waals surface area contributed by atoms with Gasteiger partial charge < -0.3 is 24.4 Å². The van der Waals surface area contributed by atoms with E-state index in [1.165, 1.54) is 14.2 Å². The molecule has 1 aliphatic heterocycles. The lowest BCUT2D eigenvalue weighted by Crippen LogP contribution is -2.45. The summed E-state index contributed by atoms with van der Waals surface area (Å²) >= 11 is 1.64. The quantitative estimate of drug-likeness (QED) is 0.448. The van der Waals surface area contributed by atoms with Gasteiger partial charge in [0.05, 0.1) is 33.3 Å². The number of methoxy groups -OCH3 is 3. The summed E-state index contributed by atoms with van der Waals surface area (Å²) in [5, 5.41) is 3.07. The molecule has 0 fully saturated rings. The van der Waals surface area contributed by atoms with E-state index in [2.05, 4.69) is 5.32 Å². The van der Waals surface area contributed by atoms with Crippen molar-refractivity contribution >= 4 is 23.6 Å². The molecule has 4 rings (SSSR count). The number of hydrogen-bond donors (Lipinski definition) is 1. The van der Waals surface area contributed by atoms with Crippen LogP contribution in [0.25, 0.3) is 0 Å². The second kappa shape index (κ2) is 11.0. The predicted molar refractivity (Wildman–Crippen MR) is 140 cm³/mol. The number of likely N-dealkylation sites (N-methyl/N-ethyl adjacent to an activating group) is 1. The molecule has 3 aromatic carbocycles. The number of nitrogens with zero attached hydrogens (tertiary/aromatic N) is 1. The van der Waals surface area contributed by atoms with E-state index >= 15 is 0 Å². The molecular formula is C28H30N2O5S. The van der Waals surface area contributed by atoms with Crippen LogP contribution < -0.4 is 19.5 Å². The lowest BCUT2D eigenvalue weighted by atomic mass is 9.79. The second-order valence-electron chi connectivity index (χ2n) is 8.44. The highest BCUT2D eigenvalue weighted by atomic mass is 32.2. The molecule has 188 valence electrons. The highest BCUT2D eigenvalue weighted by molar-refractivity contribution is 7.98. The first kappa shape index (κ1) is 25.4. The monoisotopic (exact) mass is 506 g/mol. The maximum Gasteiger partial charge on any atom is 0.254 e. The summed E-state index contributed by atoms with van der Waals surface area (Å²) in [4.78, 5) is 30.1. The number of ether oxygens (including phenoxy) is 3. The Morgan fingerprint density at radius 3 is 2.22 bits per heavy atom. The van der Waals surface area contributed by atoms with Crippen LogP contribution in [-0.4, -0.2) is 51.3 Å². The molecule has 0 saturated heterocycles. The van der Waals surface area contributed by atoms with Gasteiger partial charge in [-0.3, -0.25) is 9.59 Å². The third kappa shape index (κ3) is 4.73. The molecule has 0 spiro atoms. The molecule has 2 atom stereocenters. The standard InChI is InChI=1S/C28H30N2O5S/c1-30-26(17-10-12-19(36-5)13-11-17)25(27(31)29-16-18-8-6-7-9-22(18)33-2)20-14-23(34-3)24(35-4)15-21(20)28(30)32/h6-15,25-26H,16H2,1-5H3,(H,29,31)/t25-,26-/m0/s1. The first-order valence-corrected chi connectivity index (χ1v) is 12.7. The highest BCUT2D eigenvalue weighted by Crippen LogP contribution is 2.45. The highest BCUT2D eigenvalue weighted by Gasteiger charge is 2.43. The molecule has 0 saturated carbocycles. The van der Waals surface area contributed by atoms with Gasteiger partial charge in [-0.15, -0.1) is 11.8 Å². The fraction of sp³-hybridized carbons (Fsp3) is 0.286. The van der Waals surface area contributed by atoms with Crippen molar-refractivity contribution in [2.24, 2.45) is 0 Å². The maximum atomic E-state index is 13.9. The van der Waals surface area contributed by atoms with Gasteiger partial charge in [-0.2, -0.15) is 0 Å². The number of rotatable bonds is 8. The molecule has 0 bridgehead atoms. The van der Waals surface area contributed by atoms with Gasteiger partial charge in [-0.25, -0.2) is 0 Å². The van der Waals surface area contributed by atoms with Crippen LogP contribution in [0.3, 0.4) is 0 Å². The summed E-state index contributed by atoms with van der Waals surface area (Å²) in [6.45, 7) is 0.289. The fourth-order valence-corrected chi connectivity index (χ4v) is 5.10. The van der Waals surface area contributed by atoms with E-state index in [-0.39, 0.29) is 18.4 Å². The largest absolute Gasteiger partial charge is 0.496 e. The van der Waals surface area contributed by atoms with Crippen molar-refractivity contribution < 1.29 is 23.8 Å². The Bertz CT molecular complexity index is 1260. The van der Waals surface area contributed by atoms with Crippen LogP contribution in [0.15, 0.2) is 65.6 Å². The zero-order valence-electron chi connectivity index (χ0n) is 21.0. The zero-order valence-corrected chi connectivity index (χ0v) is 21.8. The van der Waals surface area contributed by atoms with E-state index < -0.39 is 12.0 Å². The van der Waals surface area contributed by atoms with Crippen LogP contribution in [0.4, 0.5) is 0 Å². The van der Waals surface area contributed by atoms with Crippen LogP contribution in [0, 0.1) is 0 Å². The lowest BCUT2D eigenvalue weighted by molar-refractivity contribution is -0.124. The summed E-state index contributed by atoms with van der Waals surface area (Å²) < 4.78 is 16.4. The summed E-state index contributed by atoms with van der Waals surface area (Å²) in [7, 11) is 6.40. The van der Waals surface area contributed by atoms with Gasteiger partial charge in [0.15, 0.2) is 11.5 Å². The van der Waals surface area contributed by atoms with Crippen molar-refractivity contribution in [3.8, 4) is 17.2 Å². The Morgan fingerprint density at radius 1 is 0.944 bits per heavy atom. The molecule has 0 unspecified atom stereocenters. The minimum atomic E-state index is -0.669. The average molecular weight is 507 g/mol. The first-order chi connectivity index (χ1) is 17.4. The molecule has 1 N–H and O–H groups in total. The molecule has 2 amide bonds. The molecular weight excluding hydrogens is 476 g/mol. The third-order valence-electron chi connectivity index (χ3n) is 6.56. The Hall–Kier alpha value is -3.65. The van der Waals surface area contributed by atoms with Gasteiger partial charge in [0, 0.05) is 29.6 Å². The van der Waals surface area contributed by atoms with E-state index in [0.29, 0.717) is 28.4 Å². The van der Waals surface area contributed by atoms with Crippen molar-refractivity contribution in [3.63, 3.8) is 0 Å². The summed E-state index contributed by atoms with van der Waals surface area (Å²) in [5.41, 5.74) is 2.76. The summed E-state index contributed by atoms with van der Waals surface area (Å²) in [6.07, 6.45) is 2.01. The number of para-hydroxylation sites is 1. The van der Waals surface area contributed by atoms with Gasteiger partial charge in [0.2, 0.25) is 5.91 Å². The van der Waals surface area contributed by atoms with Crippen molar-refractivity contribution in [2.45, 2.75) is 23.4 Å². The minimum absolute atomic E-state index is 0.182. The molecule has 1 aliphatic rings. The van der Waals surface area contributed by atoms with Crippen molar-refractivity contribution in [1.29, 1.82) is 0 Å². The number of amides is 2. The number of carbonyl (C=O) groups excluding carboxylic acids is 2. The van der Waals surface area contributed by atoms with Crippen LogP contribution >= 0.6 is 11.8 Å². The molecule has 3 aromatic rings. The lowest BCUT2D eigenvalue weighted by Gasteiger charge is -2.40. The van der Waals surface area contributed by atoms with E-state index in [1.54, 1.807) is 43.0 Å². The van der Waals surface area contributed by atoms with Gasteiger partial charge in [0.1, 0.15) is 5.75 Å². The maximum absolute atomic E-state index is 13.9. The van der Waals surface area contributed by atoms with Gasteiger partial charge in [0.25, 0.3) is 5.91 Å². The smallest absolute Gasteiger partial charge is 0.254 e. The van der Waals surface area contributed by atoms with Gasteiger partial charge >= 0.3 is 0 Å². The molecule has 1 heterocycles. The van der Waals surface area contributed by atoms with Crippen LogP contribution in [-0.2, 0) is 11.3 Å². The van der Waals surface area contributed by atoms with Crippen molar-refractivity contribution in [1.82, 2.24) is 10.2 Å². The Balaban J connectivity index is 1.80. The van der Waals surface area contributed by atoms with Crippen LogP contribution in [0.1, 0.15) is 39.0 Å². The SMILES string of the molecule is COc1ccccc1CNC(=O)[C@H]1c2cc(OC)c(OC)cc2C(=O)N(C)[C@H]1c1ccc(SC)cc1. The molecule has 36 heavy (non-hydrogen) atoms. The van der Waals surface area contributed by atoms with Gasteiger partial charge in [-0.05, 0) is 47.7 Å². The molecule has 0 aliphatic carbocycles. The van der Waals surface area contributed by atoms with Crippen molar-refractivity contribution in [2.75, 3.05) is 34.6 Å². The number of nitrogens with one attached hydrogen (secondary N) is 1.